The average molecular weight is 277 g/mol. The minimum absolute atomic E-state index is 0.0686. The van der Waals surface area contributed by atoms with Crippen molar-refractivity contribution in [1.82, 2.24) is 15.1 Å². The molecule has 5 nitrogen and oxygen atoms in total. The molecule has 1 aromatic rings. The summed E-state index contributed by atoms with van der Waals surface area (Å²) < 4.78 is 0. The summed E-state index contributed by atoms with van der Waals surface area (Å²) in [6.07, 6.45) is 0. The summed E-state index contributed by atoms with van der Waals surface area (Å²) in [5, 5.41) is 12.8. The van der Waals surface area contributed by atoms with E-state index in [0.717, 1.165) is 19.6 Å². The van der Waals surface area contributed by atoms with Crippen molar-refractivity contribution in [3.63, 3.8) is 0 Å². The number of piperazine rings is 1. The van der Waals surface area contributed by atoms with E-state index in [0.29, 0.717) is 23.7 Å². The lowest BCUT2D eigenvalue weighted by Crippen LogP contribution is -2.54. The predicted molar refractivity (Wildman–Crippen MR) is 79.1 cm³/mol. The first-order valence-electron chi connectivity index (χ1n) is 6.94. The summed E-state index contributed by atoms with van der Waals surface area (Å²) in [5.41, 5.74) is 1.06. The van der Waals surface area contributed by atoms with Crippen LogP contribution in [0.3, 0.4) is 0 Å². The minimum atomic E-state index is -0.215. The molecular formula is C15H23N3O2. The van der Waals surface area contributed by atoms with Crippen molar-refractivity contribution in [2.75, 3.05) is 40.3 Å². The zero-order valence-corrected chi connectivity index (χ0v) is 12.4. The molecule has 1 saturated heterocycles. The average Bonchev–Trinajstić information content (AvgIpc) is 2.42. The monoisotopic (exact) mass is 277 g/mol. The fourth-order valence-corrected chi connectivity index (χ4v) is 2.47. The molecule has 2 N–H and O–H groups in total. The summed E-state index contributed by atoms with van der Waals surface area (Å²) in [6.45, 7) is 5.38. The van der Waals surface area contributed by atoms with Gasteiger partial charge in [-0.05, 0) is 32.6 Å². The second-order valence-corrected chi connectivity index (χ2v) is 5.58. The van der Waals surface area contributed by atoms with E-state index in [2.05, 4.69) is 29.2 Å². The highest BCUT2D eigenvalue weighted by molar-refractivity contribution is 5.97. The predicted octanol–water partition coefficient (Wildman–Crippen LogP) is 0.676. The van der Waals surface area contributed by atoms with Crippen molar-refractivity contribution in [1.29, 1.82) is 0 Å². The number of hydrogen-bond acceptors (Lipinski definition) is 4. The lowest BCUT2D eigenvalue weighted by Gasteiger charge is -2.37. The number of aromatic hydroxyl groups is 1. The van der Waals surface area contributed by atoms with Gasteiger partial charge in [0, 0.05) is 32.2 Å². The lowest BCUT2D eigenvalue weighted by molar-refractivity contribution is 0.0879. The molecule has 1 atom stereocenters. The van der Waals surface area contributed by atoms with Crippen molar-refractivity contribution in [2.45, 2.75) is 13.0 Å². The Morgan fingerprint density at radius 2 is 2.15 bits per heavy atom. The molecule has 0 aromatic heterocycles. The van der Waals surface area contributed by atoms with E-state index >= 15 is 0 Å². The third-order valence-electron chi connectivity index (χ3n) is 3.96. The molecule has 1 aliphatic rings. The number of nitrogens with one attached hydrogen (secondary N) is 1. The molecule has 2 rings (SSSR count). The standard InChI is InChI=1S/C15H23N3O2/c1-11-5-4-6-13(14(11)19)15(20)16-9-12-10-17(2)7-8-18(12)3/h4-6,12,19H,7-10H2,1-3H3,(H,16,20). The molecule has 5 heteroatoms. The van der Waals surface area contributed by atoms with Crippen LogP contribution in [0.2, 0.25) is 0 Å². The number of rotatable bonds is 3. The minimum Gasteiger partial charge on any atom is -0.507 e. The molecule has 0 bridgehead atoms. The second kappa shape index (κ2) is 6.24. The van der Waals surface area contributed by atoms with Gasteiger partial charge in [0.2, 0.25) is 0 Å². The Kier molecular flexibility index (Phi) is 4.62. The molecule has 1 amide bonds. The number of carbonyl (C=O) groups excluding carboxylic acids is 1. The van der Waals surface area contributed by atoms with E-state index in [-0.39, 0.29) is 11.7 Å². The van der Waals surface area contributed by atoms with E-state index in [1.807, 2.05) is 0 Å². The van der Waals surface area contributed by atoms with Crippen LogP contribution >= 0.6 is 0 Å². The van der Waals surface area contributed by atoms with Gasteiger partial charge in [-0.3, -0.25) is 9.69 Å². The normalized spacial score (nSPS) is 20.9. The van der Waals surface area contributed by atoms with Gasteiger partial charge in [-0.15, -0.1) is 0 Å². The molecule has 0 radical (unpaired) electrons. The van der Waals surface area contributed by atoms with Crippen LogP contribution in [0.4, 0.5) is 0 Å². The van der Waals surface area contributed by atoms with Gasteiger partial charge >= 0.3 is 0 Å². The lowest BCUT2D eigenvalue weighted by atomic mass is 10.1. The van der Waals surface area contributed by atoms with Gasteiger partial charge in [0.25, 0.3) is 5.91 Å². The maximum Gasteiger partial charge on any atom is 0.255 e. The van der Waals surface area contributed by atoms with Crippen molar-refractivity contribution >= 4 is 5.91 Å². The number of nitrogens with zero attached hydrogens (tertiary/aromatic N) is 2. The van der Waals surface area contributed by atoms with Gasteiger partial charge in [-0.2, -0.15) is 0 Å². The molecule has 1 aliphatic heterocycles. The first-order chi connectivity index (χ1) is 9.49. The van der Waals surface area contributed by atoms with Crippen LogP contribution in [0.15, 0.2) is 18.2 Å². The molecule has 1 heterocycles. The summed E-state index contributed by atoms with van der Waals surface area (Å²) in [5.74, 6) is -0.146. The van der Waals surface area contributed by atoms with Gasteiger partial charge in [0.15, 0.2) is 0 Å². The number of benzene rings is 1. The van der Waals surface area contributed by atoms with E-state index in [4.69, 9.17) is 0 Å². The Morgan fingerprint density at radius 3 is 2.90 bits per heavy atom. The highest BCUT2D eigenvalue weighted by atomic mass is 16.3. The van der Waals surface area contributed by atoms with E-state index < -0.39 is 0 Å². The molecule has 110 valence electrons. The Hall–Kier alpha value is -1.59. The van der Waals surface area contributed by atoms with E-state index in [1.165, 1.54) is 0 Å². The summed E-state index contributed by atoms with van der Waals surface area (Å²) in [7, 11) is 4.17. The molecule has 0 spiro atoms. The largest absolute Gasteiger partial charge is 0.507 e. The highest BCUT2D eigenvalue weighted by Crippen LogP contribution is 2.21. The third kappa shape index (κ3) is 3.29. The quantitative estimate of drug-likeness (QED) is 0.853. The summed E-state index contributed by atoms with van der Waals surface area (Å²) in [6, 6.07) is 5.53. The first kappa shape index (κ1) is 14.8. The zero-order valence-electron chi connectivity index (χ0n) is 12.4. The summed E-state index contributed by atoms with van der Waals surface area (Å²) >= 11 is 0. The molecule has 20 heavy (non-hydrogen) atoms. The van der Waals surface area contributed by atoms with Gasteiger partial charge in [0.1, 0.15) is 5.75 Å². The van der Waals surface area contributed by atoms with E-state index in [9.17, 15) is 9.90 Å². The maximum atomic E-state index is 12.1. The second-order valence-electron chi connectivity index (χ2n) is 5.58. The van der Waals surface area contributed by atoms with Gasteiger partial charge in [-0.1, -0.05) is 12.1 Å². The van der Waals surface area contributed by atoms with Crippen LogP contribution in [-0.4, -0.2) is 67.1 Å². The van der Waals surface area contributed by atoms with Crippen molar-refractivity contribution < 1.29 is 9.90 Å². The van der Waals surface area contributed by atoms with Crippen molar-refractivity contribution in [3.8, 4) is 5.75 Å². The number of carbonyl (C=O) groups is 1. The zero-order chi connectivity index (χ0) is 14.7. The molecule has 1 unspecified atom stereocenters. The van der Waals surface area contributed by atoms with E-state index in [1.54, 1.807) is 25.1 Å². The Bertz CT molecular complexity index is 490. The first-order valence-corrected chi connectivity index (χ1v) is 6.94. The molecule has 0 aliphatic carbocycles. The highest BCUT2D eigenvalue weighted by Gasteiger charge is 2.23. The van der Waals surface area contributed by atoms with Crippen LogP contribution in [0, 0.1) is 6.92 Å². The van der Waals surface area contributed by atoms with Crippen LogP contribution in [0.1, 0.15) is 15.9 Å². The number of aryl methyl sites for hydroxylation is 1. The Labute approximate surface area is 120 Å². The molecule has 0 saturated carbocycles. The van der Waals surface area contributed by atoms with Crippen LogP contribution in [0.5, 0.6) is 5.75 Å². The SMILES string of the molecule is Cc1cccc(C(=O)NCC2CN(C)CCN2C)c1O. The molecular weight excluding hydrogens is 254 g/mol. The third-order valence-corrected chi connectivity index (χ3v) is 3.96. The van der Waals surface area contributed by atoms with Gasteiger partial charge in [-0.25, -0.2) is 0 Å². The van der Waals surface area contributed by atoms with Crippen LogP contribution in [-0.2, 0) is 0 Å². The van der Waals surface area contributed by atoms with Gasteiger partial charge in [0.05, 0.1) is 5.56 Å². The van der Waals surface area contributed by atoms with Gasteiger partial charge < -0.3 is 15.3 Å². The Morgan fingerprint density at radius 1 is 1.40 bits per heavy atom. The number of para-hydroxylation sites is 1. The Balaban J connectivity index is 1.96. The van der Waals surface area contributed by atoms with Crippen LogP contribution < -0.4 is 5.32 Å². The smallest absolute Gasteiger partial charge is 0.255 e. The maximum absolute atomic E-state index is 12.1. The fraction of sp³-hybridized carbons (Fsp3) is 0.533. The number of amides is 1. The number of phenolic OH excluding ortho intramolecular Hbond substituents is 1. The number of phenols is 1. The summed E-state index contributed by atoms with van der Waals surface area (Å²) in [4.78, 5) is 16.7. The number of hydrogen-bond donors (Lipinski definition) is 2. The van der Waals surface area contributed by atoms with Crippen LogP contribution in [0.25, 0.3) is 0 Å². The number of likely N-dealkylation sites (N-methyl/N-ethyl adjacent to an activating group) is 2. The van der Waals surface area contributed by atoms with Crippen molar-refractivity contribution in [2.24, 2.45) is 0 Å². The molecule has 1 aromatic carbocycles. The molecule has 1 fully saturated rings. The fourth-order valence-electron chi connectivity index (χ4n) is 2.47. The van der Waals surface area contributed by atoms with Crippen molar-refractivity contribution in [3.05, 3.63) is 29.3 Å². The topological polar surface area (TPSA) is 55.8 Å².